The average Bonchev–Trinajstić information content (AvgIpc) is 2.20. The Bertz CT molecular complexity index is 159. The molecule has 0 aliphatic heterocycles. The molecule has 0 aromatic rings. The number of hydrogen-bond acceptors (Lipinski definition) is 4. The fourth-order valence-corrected chi connectivity index (χ4v) is 1.36. The van der Waals surface area contributed by atoms with E-state index in [1.54, 1.807) is 0 Å². The van der Waals surface area contributed by atoms with Gasteiger partial charge in [0.15, 0.2) is 0 Å². The number of nitrogens with zero attached hydrogens (tertiary/aromatic N) is 1. The minimum Gasteiger partial charge on any atom is -0.548 e. The summed E-state index contributed by atoms with van der Waals surface area (Å²) in [5.74, 6) is 0. The summed E-state index contributed by atoms with van der Waals surface area (Å²) in [7, 11) is 0. The molecule has 0 heterocycles. The summed E-state index contributed by atoms with van der Waals surface area (Å²) in [6.45, 7) is 7.23. The molecule has 0 aliphatic carbocycles. The van der Waals surface area contributed by atoms with Crippen molar-refractivity contribution in [1.82, 2.24) is 4.90 Å². The summed E-state index contributed by atoms with van der Waals surface area (Å²) in [6.07, 6.45) is 3.18. The van der Waals surface area contributed by atoms with E-state index in [1.807, 2.05) is 0 Å². The topological polar surface area (TPSA) is 52.6 Å². The molecule has 0 aromatic heterocycles. The molecule has 0 rings (SSSR count). The molecular formula is C11H22KNO3. The molecule has 4 nitrogen and oxygen atoms in total. The van der Waals surface area contributed by atoms with Crippen LogP contribution in [0.4, 0.5) is 4.79 Å². The van der Waals surface area contributed by atoms with Gasteiger partial charge in [0.1, 0.15) is 0 Å². The van der Waals surface area contributed by atoms with Crippen LogP contribution in [-0.2, 0) is 4.74 Å². The van der Waals surface area contributed by atoms with Crippen molar-refractivity contribution in [3.63, 3.8) is 0 Å². The van der Waals surface area contributed by atoms with Gasteiger partial charge in [-0.3, -0.25) is 0 Å². The quantitative estimate of drug-likeness (QED) is 0.362. The van der Waals surface area contributed by atoms with Gasteiger partial charge in [-0.1, -0.05) is 26.7 Å². The van der Waals surface area contributed by atoms with Crippen LogP contribution in [-0.4, -0.2) is 37.3 Å². The Morgan fingerprint density at radius 2 is 1.62 bits per heavy atom. The Labute approximate surface area is 141 Å². The summed E-state index contributed by atoms with van der Waals surface area (Å²) in [5, 5.41) is 10.1. The van der Waals surface area contributed by atoms with Crippen molar-refractivity contribution in [2.75, 3.05) is 26.2 Å². The first-order valence-corrected chi connectivity index (χ1v) is 5.76. The van der Waals surface area contributed by atoms with E-state index in [-0.39, 0.29) is 58.0 Å². The van der Waals surface area contributed by atoms with Gasteiger partial charge < -0.3 is 19.5 Å². The van der Waals surface area contributed by atoms with Gasteiger partial charge in [-0.05, 0) is 25.9 Å². The third-order valence-corrected chi connectivity index (χ3v) is 2.28. The second-order valence-electron chi connectivity index (χ2n) is 3.65. The predicted octanol–water partition coefficient (Wildman–Crippen LogP) is -1.75. The van der Waals surface area contributed by atoms with Crippen LogP contribution in [0.5, 0.6) is 0 Å². The Balaban J connectivity index is 0. The Kier molecular flexibility index (Phi) is 16.7. The second-order valence-corrected chi connectivity index (χ2v) is 3.65. The number of ether oxygens (including phenoxy) is 1. The molecule has 0 radical (unpaired) electrons. The van der Waals surface area contributed by atoms with E-state index in [2.05, 4.69) is 23.5 Å². The molecule has 0 fully saturated rings. The number of hydrogen-bond donors (Lipinski definition) is 0. The smallest absolute Gasteiger partial charge is 0.548 e. The van der Waals surface area contributed by atoms with Gasteiger partial charge in [0, 0.05) is 13.2 Å². The summed E-state index contributed by atoms with van der Waals surface area (Å²) in [4.78, 5) is 12.3. The molecule has 0 amide bonds. The van der Waals surface area contributed by atoms with Crippen molar-refractivity contribution < 1.29 is 66.0 Å². The molecule has 0 aliphatic rings. The summed E-state index contributed by atoms with van der Waals surface area (Å²) in [5.41, 5.74) is 0. The van der Waals surface area contributed by atoms with E-state index < -0.39 is 6.16 Å². The predicted molar refractivity (Wildman–Crippen MR) is 57.6 cm³/mol. The number of carbonyl (C=O) groups is 1. The van der Waals surface area contributed by atoms with Gasteiger partial charge >= 0.3 is 51.4 Å². The van der Waals surface area contributed by atoms with Crippen LogP contribution in [0.2, 0.25) is 0 Å². The van der Waals surface area contributed by atoms with Crippen LogP contribution in [0, 0.1) is 0 Å². The van der Waals surface area contributed by atoms with E-state index in [9.17, 15) is 9.90 Å². The molecule has 0 saturated heterocycles. The van der Waals surface area contributed by atoms with Gasteiger partial charge in [0.25, 0.3) is 6.16 Å². The largest absolute Gasteiger partial charge is 1.00 e. The van der Waals surface area contributed by atoms with Crippen LogP contribution < -0.4 is 56.5 Å². The second kappa shape index (κ2) is 13.9. The number of rotatable bonds is 9. The SMILES string of the molecule is CCCCN(CCCC)CCOC(=O)[O-].[K+]. The van der Waals surface area contributed by atoms with Crippen molar-refractivity contribution in [1.29, 1.82) is 0 Å². The van der Waals surface area contributed by atoms with Crippen molar-refractivity contribution in [3.05, 3.63) is 0 Å². The maximum absolute atomic E-state index is 10.1. The fraction of sp³-hybridized carbons (Fsp3) is 0.909. The van der Waals surface area contributed by atoms with Crippen LogP contribution in [0.3, 0.4) is 0 Å². The first kappa shape index (κ1) is 19.2. The molecule has 0 spiro atoms. The van der Waals surface area contributed by atoms with E-state index >= 15 is 0 Å². The van der Waals surface area contributed by atoms with Gasteiger partial charge in [-0.15, -0.1) is 0 Å². The van der Waals surface area contributed by atoms with Crippen LogP contribution in [0.15, 0.2) is 0 Å². The molecule has 0 unspecified atom stereocenters. The maximum Gasteiger partial charge on any atom is 1.00 e. The van der Waals surface area contributed by atoms with Crippen LogP contribution in [0.1, 0.15) is 39.5 Å². The van der Waals surface area contributed by atoms with E-state index in [0.717, 1.165) is 38.8 Å². The average molecular weight is 255 g/mol. The molecule has 16 heavy (non-hydrogen) atoms. The normalized spacial score (nSPS) is 9.94. The van der Waals surface area contributed by atoms with Crippen LogP contribution >= 0.6 is 0 Å². The van der Waals surface area contributed by atoms with E-state index in [0.29, 0.717) is 6.54 Å². The third kappa shape index (κ3) is 12.9. The fourth-order valence-electron chi connectivity index (χ4n) is 1.36. The molecule has 0 saturated carbocycles. The van der Waals surface area contributed by atoms with Crippen LogP contribution in [0.25, 0.3) is 0 Å². The third-order valence-electron chi connectivity index (χ3n) is 2.28. The summed E-state index contributed by atoms with van der Waals surface area (Å²) >= 11 is 0. The first-order chi connectivity index (χ1) is 7.20. The van der Waals surface area contributed by atoms with Crippen molar-refractivity contribution in [3.8, 4) is 0 Å². The molecule has 90 valence electrons. The number of unbranched alkanes of at least 4 members (excludes halogenated alkanes) is 2. The van der Waals surface area contributed by atoms with Gasteiger partial charge in [0.05, 0.1) is 0 Å². The van der Waals surface area contributed by atoms with Gasteiger partial charge in [0.2, 0.25) is 0 Å². The molecule has 0 atom stereocenters. The Morgan fingerprint density at radius 1 is 1.12 bits per heavy atom. The van der Waals surface area contributed by atoms with Gasteiger partial charge in [-0.25, -0.2) is 0 Å². The summed E-state index contributed by atoms with van der Waals surface area (Å²) < 4.78 is 4.40. The molecule has 5 heteroatoms. The molecular weight excluding hydrogens is 233 g/mol. The first-order valence-electron chi connectivity index (χ1n) is 5.76. The number of carboxylic acid groups (broad SMARTS) is 1. The Morgan fingerprint density at radius 3 is 2.00 bits per heavy atom. The zero-order valence-electron chi connectivity index (χ0n) is 10.8. The minimum absolute atomic E-state index is 0. The molecule has 0 aromatic carbocycles. The Hall–Kier alpha value is 0.866. The number of carbonyl (C=O) groups excluding carboxylic acids is 1. The van der Waals surface area contributed by atoms with Crippen molar-refractivity contribution in [2.24, 2.45) is 0 Å². The maximum atomic E-state index is 10.1. The van der Waals surface area contributed by atoms with Crippen molar-refractivity contribution in [2.45, 2.75) is 39.5 Å². The van der Waals surface area contributed by atoms with Crippen molar-refractivity contribution >= 4 is 6.16 Å². The minimum atomic E-state index is -1.43. The molecule has 0 N–H and O–H groups in total. The van der Waals surface area contributed by atoms with E-state index in [1.165, 1.54) is 0 Å². The standard InChI is InChI=1S/C11H23NO3.K/c1-3-5-7-12(8-6-4-2)9-10-15-11(13)14;/h3-10H2,1-2H3,(H,13,14);/q;+1/p-1. The van der Waals surface area contributed by atoms with Gasteiger partial charge in [-0.2, -0.15) is 0 Å². The zero-order valence-corrected chi connectivity index (χ0v) is 14.0. The zero-order chi connectivity index (χ0) is 11.5. The van der Waals surface area contributed by atoms with E-state index in [4.69, 9.17) is 0 Å². The molecule has 0 bridgehead atoms. The summed E-state index contributed by atoms with van der Waals surface area (Å²) in [6, 6.07) is 0. The monoisotopic (exact) mass is 255 g/mol.